The average molecular weight is 290 g/mol. The number of carboxylic acid groups (broad SMARTS) is 1. The molecule has 4 rings (SSSR count). The lowest BCUT2D eigenvalue weighted by Crippen LogP contribution is -2.06. The van der Waals surface area contributed by atoms with E-state index in [1.165, 1.54) is 16.8 Å². The minimum absolute atomic E-state index is 0.0156. The summed E-state index contributed by atoms with van der Waals surface area (Å²) < 4.78 is 28.3. The Labute approximate surface area is 119 Å². The second-order valence-corrected chi connectivity index (χ2v) is 5.70. The Morgan fingerprint density at radius 3 is 2.52 bits per heavy atom. The minimum Gasteiger partial charge on any atom is -0.476 e. The Hall–Kier alpha value is -2.24. The van der Waals surface area contributed by atoms with Gasteiger partial charge in [0.05, 0.1) is 11.4 Å². The van der Waals surface area contributed by atoms with Crippen molar-refractivity contribution in [2.75, 3.05) is 0 Å². The number of carbonyl (C=O) groups is 1. The number of aromatic nitrogens is 2. The molecule has 0 spiro atoms. The largest absolute Gasteiger partial charge is 0.476 e. The topological polar surface area (TPSA) is 55.1 Å². The van der Waals surface area contributed by atoms with Crippen LogP contribution in [0.5, 0.6) is 0 Å². The molecular weight excluding hydrogens is 278 g/mol. The fraction of sp³-hybridized carbons (Fsp3) is 0.333. The molecule has 2 aromatic rings. The van der Waals surface area contributed by atoms with Gasteiger partial charge in [-0.2, -0.15) is 5.10 Å². The van der Waals surface area contributed by atoms with Crippen molar-refractivity contribution in [1.29, 1.82) is 0 Å². The first-order valence-electron chi connectivity index (χ1n) is 6.87. The lowest BCUT2D eigenvalue weighted by atomic mass is 9.95. The third-order valence-electron chi connectivity index (χ3n) is 4.48. The third-order valence-corrected chi connectivity index (χ3v) is 4.48. The number of benzene rings is 1. The van der Waals surface area contributed by atoms with Crippen LogP contribution in [0.2, 0.25) is 0 Å². The molecule has 2 bridgehead atoms. The van der Waals surface area contributed by atoms with Gasteiger partial charge in [-0.1, -0.05) is 0 Å². The molecule has 4 nitrogen and oxygen atoms in total. The number of halogens is 2. The zero-order chi connectivity index (χ0) is 14.7. The molecule has 1 aromatic carbocycles. The summed E-state index contributed by atoms with van der Waals surface area (Å²) in [6, 6.07) is 3.14. The summed E-state index contributed by atoms with van der Waals surface area (Å²) in [5.74, 6) is -2.04. The second kappa shape index (κ2) is 4.13. The predicted octanol–water partition coefficient (Wildman–Crippen LogP) is 3.21. The van der Waals surface area contributed by atoms with Crippen LogP contribution in [-0.2, 0) is 0 Å². The molecule has 0 amide bonds. The van der Waals surface area contributed by atoms with Crippen molar-refractivity contribution < 1.29 is 18.7 Å². The lowest BCUT2D eigenvalue weighted by molar-refractivity contribution is 0.0688. The van der Waals surface area contributed by atoms with E-state index in [9.17, 15) is 18.7 Å². The number of rotatable bonds is 2. The second-order valence-electron chi connectivity index (χ2n) is 5.70. The maximum atomic E-state index is 13.4. The molecule has 6 heteroatoms. The molecule has 1 fully saturated rings. The van der Waals surface area contributed by atoms with Crippen LogP contribution in [0, 0.1) is 11.6 Å². The van der Waals surface area contributed by atoms with Crippen LogP contribution in [0.1, 0.15) is 52.8 Å². The number of aromatic carboxylic acids is 1. The zero-order valence-electron chi connectivity index (χ0n) is 11.0. The van der Waals surface area contributed by atoms with Crippen molar-refractivity contribution in [2.45, 2.75) is 31.1 Å². The highest BCUT2D eigenvalue weighted by atomic mass is 19.1. The number of hydrogen-bond acceptors (Lipinski definition) is 2. The quantitative estimate of drug-likeness (QED) is 0.924. The highest BCUT2D eigenvalue weighted by Gasteiger charge is 2.44. The van der Waals surface area contributed by atoms with E-state index in [1.54, 1.807) is 0 Å². The van der Waals surface area contributed by atoms with Crippen molar-refractivity contribution in [3.63, 3.8) is 0 Å². The van der Waals surface area contributed by atoms with Gasteiger partial charge in [-0.05, 0) is 37.3 Å². The molecule has 2 atom stereocenters. The summed E-state index contributed by atoms with van der Waals surface area (Å²) in [4.78, 5) is 11.4. The summed E-state index contributed by atoms with van der Waals surface area (Å²) in [7, 11) is 0. The summed E-state index contributed by atoms with van der Waals surface area (Å²) in [6.45, 7) is 0. The van der Waals surface area contributed by atoms with E-state index in [4.69, 9.17) is 0 Å². The molecule has 0 radical (unpaired) electrons. The molecule has 2 aliphatic rings. The minimum atomic E-state index is -1.09. The third kappa shape index (κ3) is 1.71. The molecule has 1 N–H and O–H groups in total. The van der Waals surface area contributed by atoms with Crippen molar-refractivity contribution in [3.8, 4) is 5.69 Å². The van der Waals surface area contributed by atoms with Gasteiger partial charge in [0, 0.05) is 17.5 Å². The van der Waals surface area contributed by atoms with Crippen LogP contribution in [0.3, 0.4) is 0 Å². The smallest absolute Gasteiger partial charge is 0.356 e. The zero-order valence-corrected chi connectivity index (χ0v) is 11.0. The standard InChI is InChI=1S/C15H12F2N2O2/c16-9-4-10(17)6-11(5-9)19-14-8-2-1-7(3-8)12(14)13(18-19)15(20)21/h4-8H,1-3H2,(H,20,21). The monoisotopic (exact) mass is 290 g/mol. The van der Waals surface area contributed by atoms with E-state index in [0.717, 1.165) is 36.6 Å². The van der Waals surface area contributed by atoms with Crippen molar-refractivity contribution >= 4 is 5.97 Å². The first-order valence-corrected chi connectivity index (χ1v) is 6.87. The Kier molecular flexibility index (Phi) is 2.46. The molecule has 108 valence electrons. The van der Waals surface area contributed by atoms with Gasteiger partial charge in [-0.3, -0.25) is 0 Å². The van der Waals surface area contributed by atoms with Crippen molar-refractivity contribution in [2.24, 2.45) is 0 Å². The van der Waals surface area contributed by atoms with Crippen molar-refractivity contribution in [1.82, 2.24) is 9.78 Å². The van der Waals surface area contributed by atoms with E-state index >= 15 is 0 Å². The predicted molar refractivity (Wildman–Crippen MR) is 69.8 cm³/mol. The fourth-order valence-corrected chi connectivity index (χ4v) is 3.75. The molecule has 1 heterocycles. The van der Waals surface area contributed by atoms with Crippen LogP contribution in [-0.4, -0.2) is 20.9 Å². The molecule has 2 unspecified atom stereocenters. The van der Waals surface area contributed by atoms with E-state index in [1.807, 2.05) is 0 Å². The maximum absolute atomic E-state index is 13.4. The van der Waals surface area contributed by atoms with Crippen LogP contribution in [0.25, 0.3) is 5.69 Å². The molecule has 21 heavy (non-hydrogen) atoms. The normalized spacial score (nSPS) is 22.6. The summed E-state index contributed by atoms with van der Waals surface area (Å²) in [5, 5.41) is 13.4. The maximum Gasteiger partial charge on any atom is 0.356 e. The molecular formula is C15H12F2N2O2. The summed E-state index contributed by atoms with van der Waals surface area (Å²) in [6.07, 6.45) is 2.84. The van der Waals surface area contributed by atoms with Crippen molar-refractivity contribution in [3.05, 3.63) is 46.8 Å². The van der Waals surface area contributed by atoms with E-state index in [-0.39, 0.29) is 23.2 Å². The number of hydrogen-bond donors (Lipinski definition) is 1. The average Bonchev–Trinajstić information content (AvgIpc) is 3.09. The molecule has 0 saturated heterocycles. The van der Waals surface area contributed by atoms with Gasteiger partial charge in [0.25, 0.3) is 0 Å². The molecule has 0 aliphatic heterocycles. The first kappa shape index (κ1) is 12.5. The fourth-order valence-electron chi connectivity index (χ4n) is 3.75. The Balaban J connectivity index is 1.96. The number of carboxylic acids is 1. The van der Waals surface area contributed by atoms with Gasteiger partial charge < -0.3 is 5.11 Å². The van der Waals surface area contributed by atoms with Gasteiger partial charge in [-0.25, -0.2) is 18.3 Å². The number of nitrogens with zero attached hydrogens (tertiary/aromatic N) is 2. The van der Waals surface area contributed by atoms with E-state index < -0.39 is 17.6 Å². The SMILES string of the molecule is O=C(O)c1nn(-c2cc(F)cc(F)c2)c2c1C1CCC2C1. The summed E-state index contributed by atoms with van der Waals surface area (Å²) in [5.41, 5.74) is 1.82. The van der Waals surface area contributed by atoms with E-state index in [2.05, 4.69) is 5.10 Å². The van der Waals surface area contributed by atoms with Gasteiger partial charge in [0.15, 0.2) is 5.69 Å². The Morgan fingerprint density at radius 2 is 1.86 bits per heavy atom. The first-order chi connectivity index (χ1) is 10.0. The lowest BCUT2D eigenvalue weighted by Gasteiger charge is -2.14. The molecule has 1 saturated carbocycles. The highest BCUT2D eigenvalue weighted by Crippen LogP contribution is 2.54. The van der Waals surface area contributed by atoms with Crippen LogP contribution >= 0.6 is 0 Å². The Bertz CT molecular complexity index is 749. The van der Waals surface area contributed by atoms with E-state index in [0.29, 0.717) is 0 Å². The van der Waals surface area contributed by atoms with Crippen LogP contribution in [0.15, 0.2) is 18.2 Å². The van der Waals surface area contributed by atoms with Gasteiger partial charge >= 0.3 is 5.97 Å². The van der Waals surface area contributed by atoms with Gasteiger partial charge in [0.2, 0.25) is 0 Å². The highest BCUT2D eigenvalue weighted by molar-refractivity contribution is 5.88. The van der Waals surface area contributed by atoms with Gasteiger partial charge in [-0.15, -0.1) is 0 Å². The van der Waals surface area contributed by atoms with Gasteiger partial charge in [0.1, 0.15) is 11.6 Å². The Morgan fingerprint density at radius 1 is 1.19 bits per heavy atom. The molecule has 1 aromatic heterocycles. The number of fused-ring (bicyclic) bond motifs is 5. The summed E-state index contributed by atoms with van der Waals surface area (Å²) >= 11 is 0. The van der Waals surface area contributed by atoms with Crippen LogP contribution < -0.4 is 0 Å². The van der Waals surface area contributed by atoms with Crippen LogP contribution in [0.4, 0.5) is 8.78 Å². The molecule has 2 aliphatic carbocycles.